The summed E-state index contributed by atoms with van der Waals surface area (Å²) in [4.78, 5) is 2.35. The van der Waals surface area contributed by atoms with Gasteiger partial charge in [-0.1, -0.05) is 25.5 Å². The molecule has 1 fully saturated rings. The average molecular weight is 341 g/mol. The Morgan fingerprint density at radius 3 is 2.61 bits per heavy atom. The molecule has 0 radical (unpaired) electrons. The van der Waals surface area contributed by atoms with Gasteiger partial charge in [0.1, 0.15) is 5.75 Å². The van der Waals surface area contributed by atoms with Crippen LogP contribution in [0, 0.1) is 0 Å². The molecule has 23 heavy (non-hydrogen) atoms. The number of methoxy groups -OCH3 is 1. The summed E-state index contributed by atoms with van der Waals surface area (Å²) in [5.74, 6) is 0.791. The van der Waals surface area contributed by atoms with Gasteiger partial charge in [-0.25, -0.2) is 9.44 Å². The van der Waals surface area contributed by atoms with Crippen LogP contribution in [0.5, 0.6) is 5.75 Å². The minimum Gasteiger partial charge on any atom is -0.497 e. The summed E-state index contributed by atoms with van der Waals surface area (Å²) in [5.41, 5.74) is 1.07. The normalized spacial score (nSPS) is 17.8. The summed E-state index contributed by atoms with van der Waals surface area (Å²) in [6, 6.07) is 7.88. The van der Waals surface area contributed by atoms with Crippen molar-refractivity contribution >= 4 is 10.2 Å². The third kappa shape index (κ3) is 5.46. The SMILES string of the molecule is CCNS(=O)(=O)NCC(c1cccc(OC)c1)N1CCCCC1. The van der Waals surface area contributed by atoms with Crippen LogP contribution in [0.15, 0.2) is 24.3 Å². The molecule has 0 amide bonds. The fraction of sp³-hybridized carbons (Fsp3) is 0.625. The number of benzene rings is 1. The highest BCUT2D eigenvalue weighted by molar-refractivity contribution is 7.87. The maximum atomic E-state index is 11.9. The molecule has 1 aliphatic heterocycles. The van der Waals surface area contributed by atoms with Crippen molar-refractivity contribution in [2.75, 3.05) is 33.3 Å². The lowest BCUT2D eigenvalue weighted by Crippen LogP contribution is -2.44. The van der Waals surface area contributed by atoms with Crippen molar-refractivity contribution in [2.24, 2.45) is 0 Å². The zero-order valence-electron chi connectivity index (χ0n) is 13.9. The number of ether oxygens (including phenoxy) is 1. The van der Waals surface area contributed by atoms with E-state index >= 15 is 0 Å². The molecule has 2 N–H and O–H groups in total. The van der Waals surface area contributed by atoms with Gasteiger partial charge in [0.2, 0.25) is 0 Å². The van der Waals surface area contributed by atoms with Gasteiger partial charge in [-0.3, -0.25) is 4.90 Å². The minimum absolute atomic E-state index is 0.0128. The van der Waals surface area contributed by atoms with Crippen LogP contribution in [0.1, 0.15) is 37.8 Å². The molecule has 1 aromatic rings. The molecule has 130 valence electrons. The number of nitrogens with one attached hydrogen (secondary N) is 2. The largest absolute Gasteiger partial charge is 0.497 e. The molecule has 6 nitrogen and oxygen atoms in total. The van der Waals surface area contributed by atoms with Gasteiger partial charge < -0.3 is 4.74 Å². The fourth-order valence-corrected chi connectivity index (χ4v) is 3.83. The van der Waals surface area contributed by atoms with E-state index in [2.05, 4.69) is 14.3 Å². The quantitative estimate of drug-likeness (QED) is 0.754. The first-order chi connectivity index (χ1) is 11.1. The van der Waals surface area contributed by atoms with Crippen LogP contribution in [-0.2, 0) is 10.2 Å². The van der Waals surface area contributed by atoms with Gasteiger partial charge in [0, 0.05) is 19.1 Å². The number of hydrogen-bond donors (Lipinski definition) is 2. The van der Waals surface area contributed by atoms with Gasteiger partial charge in [-0.15, -0.1) is 0 Å². The van der Waals surface area contributed by atoms with Gasteiger partial charge in [0.05, 0.1) is 7.11 Å². The number of piperidine rings is 1. The van der Waals surface area contributed by atoms with E-state index < -0.39 is 10.2 Å². The van der Waals surface area contributed by atoms with Gasteiger partial charge in [0.15, 0.2) is 0 Å². The van der Waals surface area contributed by atoms with E-state index in [1.54, 1.807) is 14.0 Å². The van der Waals surface area contributed by atoms with E-state index in [0.29, 0.717) is 13.1 Å². The lowest BCUT2D eigenvalue weighted by atomic mass is 10.0. The van der Waals surface area contributed by atoms with Gasteiger partial charge >= 0.3 is 0 Å². The second-order valence-corrected chi connectivity index (χ2v) is 7.32. The molecule has 0 aliphatic carbocycles. The van der Waals surface area contributed by atoms with Crippen molar-refractivity contribution in [1.82, 2.24) is 14.3 Å². The summed E-state index contributed by atoms with van der Waals surface area (Å²) >= 11 is 0. The van der Waals surface area contributed by atoms with Crippen LogP contribution in [0.2, 0.25) is 0 Å². The summed E-state index contributed by atoms with van der Waals surface area (Å²) in [6.07, 6.45) is 3.55. The highest BCUT2D eigenvalue weighted by Crippen LogP contribution is 2.26. The van der Waals surface area contributed by atoms with Crippen molar-refractivity contribution in [3.05, 3.63) is 29.8 Å². The van der Waals surface area contributed by atoms with Crippen LogP contribution < -0.4 is 14.2 Å². The molecule has 0 bridgehead atoms. The molecule has 2 rings (SSSR count). The van der Waals surface area contributed by atoms with E-state index in [9.17, 15) is 8.42 Å². The van der Waals surface area contributed by atoms with Crippen molar-refractivity contribution in [3.8, 4) is 5.75 Å². The number of hydrogen-bond acceptors (Lipinski definition) is 4. The monoisotopic (exact) mass is 341 g/mol. The third-order valence-electron chi connectivity index (χ3n) is 4.11. The zero-order chi connectivity index (χ0) is 16.7. The second kappa shape index (κ2) is 8.63. The lowest BCUT2D eigenvalue weighted by molar-refractivity contribution is 0.164. The second-order valence-electron chi connectivity index (χ2n) is 5.74. The molecule has 1 aromatic carbocycles. The Bertz CT molecular complexity index is 586. The van der Waals surface area contributed by atoms with Crippen molar-refractivity contribution in [3.63, 3.8) is 0 Å². The Hall–Kier alpha value is -1.15. The predicted octanol–water partition coefficient (Wildman–Crippen LogP) is 1.67. The molecule has 1 aliphatic rings. The van der Waals surface area contributed by atoms with Crippen molar-refractivity contribution in [2.45, 2.75) is 32.2 Å². The summed E-state index contributed by atoms with van der Waals surface area (Å²) in [6.45, 7) is 4.48. The maximum Gasteiger partial charge on any atom is 0.276 e. The third-order valence-corrected chi connectivity index (χ3v) is 5.33. The first-order valence-electron chi connectivity index (χ1n) is 8.18. The number of nitrogens with zero attached hydrogens (tertiary/aromatic N) is 1. The molecule has 0 spiro atoms. The van der Waals surface area contributed by atoms with Crippen LogP contribution in [-0.4, -0.2) is 46.6 Å². The molecular weight excluding hydrogens is 314 g/mol. The summed E-state index contributed by atoms with van der Waals surface area (Å²) in [5, 5.41) is 0. The Labute approximate surface area is 139 Å². The van der Waals surface area contributed by atoms with Gasteiger partial charge in [-0.2, -0.15) is 8.42 Å². The predicted molar refractivity (Wildman–Crippen MR) is 91.8 cm³/mol. The molecule has 1 unspecified atom stereocenters. The van der Waals surface area contributed by atoms with E-state index in [4.69, 9.17) is 4.74 Å². The molecule has 1 atom stereocenters. The van der Waals surface area contributed by atoms with Gasteiger partial charge in [-0.05, 0) is 43.6 Å². The van der Waals surface area contributed by atoms with E-state index in [-0.39, 0.29) is 6.04 Å². The Morgan fingerprint density at radius 2 is 1.96 bits per heavy atom. The van der Waals surface area contributed by atoms with Crippen LogP contribution in [0.3, 0.4) is 0 Å². The number of rotatable bonds is 8. The topological polar surface area (TPSA) is 70.7 Å². The first-order valence-corrected chi connectivity index (χ1v) is 9.66. The van der Waals surface area contributed by atoms with E-state index in [1.807, 2.05) is 24.3 Å². The van der Waals surface area contributed by atoms with Gasteiger partial charge in [0.25, 0.3) is 10.2 Å². The molecule has 1 saturated heterocycles. The maximum absolute atomic E-state index is 11.9. The first kappa shape index (κ1) is 18.2. The highest BCUT2D eigenvalue weighted by atomic mass is 32.2. The van der Waals surface area contributed by atoms with Crippen LogP contribution in [0.25, 0.3) is 0 Å². The van der Waals surface area contributed by atoms with Crippen LogP contribution >= 0.6 is 0 Å². The van der Waals surface area contributed by atoms with E-state index in [1.165, 1.54) is 6.42 Å². The summed E-state index contributed by atoms with van der Waals surface area (Å²) in [7, 11) is -1.81. The molecule has 7 heteroatoms. The lowest BCUT2D eigenvalue weighted by Gasteiger charge is -2.35. The Kier molecular flexibility index (Phi) is 6.83. The standard InChI is InChI=1S/C16H27N3O3S/c1-3-17-23(20,21)18-13-16(19-10-5-4-6-11-19)14-8-7-9-15(12-14)22-2/h7-9,12,16-18H,3-6,10-11,13H2,1-2H3. The fourth-order valence-electron chi connectivity index (χ4n) is 2.97. The zero-order valence-corrected chi connectivity index (χ0v) is 14.7. The highest BCUT2D eigenvalue weighted by Gasteiger charge is 2.24. The molecule has 1 heterocycles. The molecule has 0 saturated carbocycles. The van der Waals surface area contributed by atoms with Crippen LogP contribution in [0.4, 0.5) is 0 Å². The summed E-state index contributed by atoms with van der Waals surface area (Å²) < 4.78 is 34.3. The smallest absolute Gasteiger partial charge is 0.276 e. The number of likely N-dealkylation sites (tertiary alicyclic amines) is 1. The molecular formula is C16H27N3O3S. The van der Waals surface area contributed by atoms with Crippen molar-refractivity contribution < 1.29 is 13.2 Å². The molecule has 0 aromatic heterocycles. The van der Waals surface area contributed by atoms with E-state index in [0.717, 1.165) is 37.2 Å². The minimum atomic E-state index is -3.45. The Balaban J connectivity index is 2.17. The average Bonchev–Trinajstić information content (AvgIpc) is 2.56. The Morgan fingerprint density at radius 1 is 1.22 bits per heavy atom. The van der Waals surface area contributed by atoms with Crippen molar-refractivity contribution in [1.29, 1.82) is 0 Å².